The van der Waals surface area contributed by atoms with Crippen molar-refractivity contribution in [3.63, 3.8) is 0 Å². The standard InChI is InChI=1S/C34H37N3O3/c1-23-19-31(39-5)29(28-16-18-37(32(23)28)33(38)40-34(2,3)4)22-36-17-15-27(25-9-7-6-8-10-25)20-30(36)26-13-11-24(21-35)12-14-26/h6-14,16,18-19,27,30H,15,17,20,22H2,1-5H3/t27-,30-/m1/s1. The molecule has 0 N–H and O–H groups in total. The summed E-state index contributed by atoms with van der Waals surface area (Å²) in [4.78, 5) is 15.6. The van der Waals surface area contributed by atoms with E-state index in [0.717, 1.165) is 47.2 Å². The molecule has 0 amide bonds. The van der Waals surface area contributed by atoms with Gasteiger partial charge in [-0.25, -0.2) is 4.79 Å². The molecule has 0 saturated carbocycles. The van der Waals surface area contributed by atoms with Gasteiger partial charge >= 0.3 is 6.09 Å². The van der Waals surface area contributed by atoms with Crippen LogP contribution in [0, 0.1) is 18.3 Å². The van der Waals surface area contributed by atoms with Crippen molar-refractivity contribution in [2.24, 2.45) is 0 Å². The molecule has 1 saturated heterocycles. The van der Waals surface area contributed by atoms with Crippen LogP contribution in [0.5, 0.6) is 5.75 Å². The van der Waals surface area contributed by atoms with Gasteiger partial charge < -0.3 is 9.47 Å². The van der Waals surface area contributed by atoms with Crippen molar-refractivity contribution in [1.29, 1.82) is 5.26 Å². The van der Waals surface area contributed by atoms with Gasteiger partial charge in [-0.3, -0.25) is 9.47 Å². The van der Waals surface area contributed by atoms with Gasteiger partial charge in [-0.05, 0) is 94.0 Å². The number of carbonyl (C=O) groups excluding carboxylic acids is 1. The first-order chi connectivity index (χ1) is 19.2. The Hall–Kier alpha value is -4.08. The van der Waals surface area contributed by atoms with E-state index in [4.69, 9.17) is 9.47 Å². The molecular weight excluding hydrogens is 498 g/mol. The van der Waals surface area contributed by atoms with Crippen LogP contribution in [-0.4, -0.2) is 34.8 Å². The SMILES string of the molecule is COc1cc(C)c2c(ccn2C(=O)OC(C)(C)C)c1CN1CC[C@@H](c2ccccc2)C[C@@H]1c1ccc(C#N)cc1. The maximum atomic E-state index is 13.1. The summed E-state index contributed by atoms with van der Waals surface area (Å²) in [6, 6.07) is 25.2. The van der Waals surface area contributed by atoms with Crippen LogP contribution in [0.1, 0.15) is 73.4 Å². The van der Waals surface area contributed by atoms with Gasteiger partial charge in [-0.15, -0.1) is 0 Å². The summed E-state index contributed by atoms with van der Waals surface area (Å²) >= 11 is 0. The van der Waals surface area contributed by atoms with Crippen LogP contribution >= 0.6 is 0 Å². The summed E-state index contributed by atoms with van der Waals surface area (Å²) in [5, 5.41) is 10.3. The predicted octanol–water partition coefficient (Wildman–Crippen LogP) is 7.73. The molecule has 2 atom stereocenters. The van der Waals surface area contributed by atoms with Crippen molar-refractivity contribution >= 4 is 17.0 Å². The number of piperidine rings is 1. The summed E-state index contributed by atoms with van der Waals surface area (Å²) in [6.45, 7) is 9.21. The Morgan fingerprint density at radius 2 is 1.77 bits per heavy atom. The highest BCUT2D eigenvalue weighted by atomic mass is 16.6. The number of ether oxygens (including phenoxy) is 2. The minimum atomic E-state index is -0.589. The number of nitrogens with zero attached hydrogens (tertiary/aromatic N) is 3. The number of aromatic nitrogens is 1. The number of rotatable bonds is 5. The molecule has 6 heteroatoms. The Morgan fingerprint density at radius 3 is 2.42 bits per heavy atom. The quantitative estimate of drug-likeness (QED) is 0.262. The van der Waals surface area contributed by atoms with E-state index < -0.39 is 5.60 Å². The smallest absolute Gasteiger partial charge is 0.419 e. The minimum Gasteiger partial charge on any atom is -0.496 e. The Bertz CT molecular complexity index is 1540. The lowest BCUT2D eigenvalue weighted by atomic mass is 9.82. The third kappa shape index (κ3) is 5.61. The fourth-order valence-electron chi connectivity index (χ4n) is 5.93. The van der Waals surface area contributed by atoms with Gasteiger partial charge in [-0.2, -0.15) is 5.26 Å². The summed E-state index contributed by atoms with van der Waals surface area (Å²) in [5.74, 6) is 1.27. The number of hydrogen-bond donors (Lipinski definition) is 0. The molecule has 206 valence electrons. The highest BCUT2D eigenvalue weighted by molar-refractivity contribution is 5.95. The van der Waals surface area contributed by atoms with Crippen LogP contribution in [0.4, 0.5) is 4.79 Å². The van der Waals surface area contributed by atoms with Crippen LogP contribution in [0.3, 0.4) is 0 Å². The number of hydrogen-bond acceptors (Lipinski definition) is 5. The molecular formula is C34H37N3O3. The lowest BCUT2D eigenvalue weighted by Crippen LogP contribution is -2.36. The Morgan fingerprint density at radius 1 is 1.05 bits per heavy atom. The fraction of sp³-hybridized carbons (Fsp3) is 0.353. The van der Waals surface area contributed by atoms with E-state index in [2.05, 4.69) is 53.4 Å². The van der Waals surface area contributed by atoms with E-state index in [0.29, 0.717) is 18.0 Å². The van der Waals surface area contributed by atoms with Crippen molar-refractivity contribution in [3.8, 4) is 11.8 Å². The van der Waals surface area contributed by atoms with Gasteiger partial charge in [-0.1, -0.05) is 42.5 Å². The maximum Gasteiger partial charge on any atom is 0.419 e. The Kier molecular flexibility index (Phi) is 7.69. The third-order valence-electron chi connectivity index (χ3n) is 7.81. The van der Waals surface area contributed by atoms with E-state index in [1.165, 1.54) is 11.1 Å². The minimum absolute atomic E-state index is 0.167. The van der Waals surface area contributed by atoms with Crippen LogP contribution in [-0.2, 0) is 11.3 Å². The van der Waals surface area contributed by atoms with Crippen LogP contribution in [0.2, 0.25) is 0 Å². The lowest BCUT2D eigenvalue weighted by Gasteiger charge is -2.40. The van der Waals surface area contributed by atoms with E-state index >= 15 is 0 Å². The molecule has 4 aromatic rings. The van der Waals surface area contributed by atoms with Crippen molar-refractivity contribution in [2.75, 3.05) is 13.7 Å². The van der Waals surface area contributed by atoms with Crippen molar-refractivity contribution < 1.29 is 14.3 Å². The number of nitriles is 1. The van der Waals surface area contributed by atoms with Crippen molar-refractivity contribution in [2.45, 2.75) is 64.6 Å². The molecule has 1 aliphatic heterocycles. The zero-order valence-electron chi connectivity index (χ0n) is 24.0. The molecule has 2 heterocycles. The fourth-order valence-corrected chi connectivity index (χ4v) is 5.93. The average Bonchev–Trinajstić information content (AvgIpc) is 3.40. The normalized spacial score (nSPS) is 17.9. The number of aryl methyl sites for hydroxylation is 1. The van der Waals surface area contributed by atoms with Gasteiger partial charge in [0, 0.05) is 29.7 Å². The highest BCUT2D eigenvalue weighted by Gasteiger charge is 2.32. The van der Waals surface area contributed by atoms with Crippen LogP contribution in [0.25, 0.3) is 10.9 Å². The van der Waals surface area contributed by atoms with Gasteiger partial charge in [0.25, 0.3) is 0 Å². The predicted molar refractivity (Wildman–Crippen MR) is 158 cm³/mol. The first-order valence-corrected chi connectivity index (χ1v) is 13.9. The summed E-state index contributed by atoms with van der Waals surface area (Å²) in [7, 11) is 1.70. The number of likely N-dealkylation sites (tertiary alicyclic amines) is 1. The molecule has 5 rings (SSSR count). The molecule has 6 nitrogen and oxygen atoms in total. The van der Waals surface area contributed by atoms with Gasteiger partial charge in [0.05, 0.1) is 24.3 Å². The van der Waals surface area contributed by atoms with Crippen LogP contribution < -0.4 is 4.74 Å². The zero-order valence-corrected chi connectivity index (χ0v) is 24.0. The van der Waals surface area contributed by atoms with E-state index in [1.807, 2.05) is 52.0 Å². The van der Waals surface area contributed by atoms with E-state index in [9.17, 15) is 10.1 Å². The van der Waals surface area contributed by atoms with Gasteiger partial charge in [0.15, 0.2) is 0 Å². The molecule has 3 aromatic carbocycles. The van der Waals surface area contributed by atoms with Crippen molar-refractivity contribution in [1.82, 2.24) is 9.47 Å². The second-order valence-corrected chi connectivity index (χ2v) is 11.7. The molecule has 1 fully saturated rings. The molecule has 0 bridgehead atoms. The number of methoxy groups -OCH3 is 1. The summed E-state index contributed by atoms with van der Waals surface area (Å²) in [6.07, 6.45) is 3.44. The van der Waals surface area contributed by atoms with Crippen molar-refractivity contribution in [3.05, 3.63) is 101 Å². The zero-order chi connectivity index (χ0) is 28.4. The topological polar surface area (TPSA) is 67.5 Å². The van der Waals surface area contributed by atoms with Gasteiger partial charge in [0.2, 0.25) is 0 Å². The average molecular weight is 536 g/mol. The van der Waals surface area contributed by atoms with Gasteiger partial charge in [0.1, 0.15) is 11.4 Å². The second-order valence-electron chi connectivity index (χ2n) is 11.7. The highest BCUT2D eigenvalue weighted by Crippen LogP contribution is 2.42. The molecule has 1 aromatic heterocycles. The van der Waals surface area contributed by atoms with E-state index in [1.54, 1.807) is 17.9 Å². The Labute approximate surface area is 236 Å². The molecule has 1 aliphatic rings. The monoisotopic (exact) mass is 535 g/mol. The number of benzene rings is 3. The summed E-state index contributed by atoms with van der Waals surface area (Å²) in [5.41, 5.74) is 5.50. The Balaban J connectivity index is 1.53. The third-order valence-corrected chi connectivity index (χ3v) is 7.81. The lowest BCUT2D eigenvalue weighted by molar-refractivity contribution is 0.0544. The second kappa shape index (κ2) is 11.2. The number of fused-ring (bicyclic) bond motifs is 1. The number of carbonyl (C=O) groups is 1. The first-order valence-electron chi connectivity index (χ1n) is 13.9. The maximum absolute atomic E-state index is 13.1. The first kappa shape index (κ1) is 27.5. The molecule has 0 spiro atoms. The molecule has 0 aliphatic carbocycles. The van der Waals surface area contributed by atoms with Crippen LogP contribution in [0.15, 0.2) is 72.9 Å². The molecule has 0 radical (unpaired) electrons. The molecule has 0 unspecified atom stereocenters. The molecule has 40 heavy (non-hydrogen) atoms. The largest absolute Gasteiger partial charge is 0.496 e. The van der Waals surface area contributed by atoms with E-state index in [-0.39, 0.29) is 12.1 Å². The summed E-state index contributed by atoms with van der Waals surface area (Å²) < 4.78 is 13.2.